The Bertz CT molecular complexity index is 826. The highest BCUT2D eigenvalue weighted by Crippen LogP contribution is 2.14. The van der Waals surface area contributed by atoms with Gasteiger partial charge in [-0.05, 0) is 29.8 Å². The van der Waals surface area contributed by atoms with E-state index in [-0.39, 0.29) is 12.1 Å². The first kappa shape index (κ1) is 18.8. The molecule has 0 bridgehead atoms. The van der Waals surface area contributed by atoms with E-state index in [1.165, 1.54) is 55.5 Å². The van der Waals surface area contributed by atoms with E-state index in [4.69, 9.17) is 9.47 Å². The average Bonchev–Trinajstić information content (AvgIpc) is 2.60. The highest BCUT2D eigenvalue weighted by molar-refractivity contribution is 5.98. The fraction of sp³-hybridized carbons (Fsp3) is 0.167. The predicted molar refractivity (Wildman–Crippen MR) is 89.8 cm³/mol. The lowest BCUT2D eigenvalue weighted by Gasteiger charge is -2.06. The Kier molecular flexibility index (Phi) is 6.15. The Morgan fingerprint density at radius 3 is 2.15 bits per heavy atom. The molecule has 0 atom stereocenters. The number of carbonyl (C=O) groups is 3. The maximum absolute atomic E-state index is 12.0. The molecule has 2 aromatic carbocycles. The van der Waals surface area contributed by atoms with E-state index in [0.717, 1.165) is 0 Å². The number of benzene rings is 2. The second-order valence-electron chi connectivity index (χ2n) is 5.30. The number of hydrogen-bond acceptors (Lipinski definition) is 7. The highest BCUT2D eigenvalue weighted by atomic mass is 16.6. The smallest absolute Gasteiger partial charge is 0.310 e. The van der Waals surface area contributed by atoms with Gasteiger partial charge in [0.1, 0.15) is 5.75 Å². The molecule has 0 amide bonds. The number of rotatable bonds is 7. The first-order chi connectivity index (χ1) is 12.3. The molecule has 0 unspecified atom stereocenters. The lowest BCUT2D eigenvalue weighted by Crippen LogP contribution is -2.15. The van der Waals surface area contributed by atoms with Gasteiger partial charge in [0, 0.05) is 24.6 Å². The molecular weight excluding hydrogens is 342 g/mol. The molecule has 0 aliphatic carbocycles. The van der Waals surface area contributed by atoms with E-state index >= 15 is 0 Å². The van der Waals surface area contributed by atoms with Crippen LogP contribution in [-0.2, 0) is 20.7 Å². The van der Waals surface area contributed by atoms with Crippen LogP contribution in [0.3, 0.4) is 0 Å². The number of nitro groups is 1. The van der Waals surface area contributed by atoms with Crippen LogP contribution in [-0.4, -0.2) is 29.3 Å². The fourth-order valence-electron chi connectivity index (χ4n) is 2.06. The summed E-state index contributed by atoms with van der Waals surface area (Å²) in [5.74, 6) is -1.19. The molecule has 0 aliphatic heterocycles. The summed E-state index contributed by atoms with van der Waals surface area (Å²) in [6, 6.07) is 11.3. The number of ether oxygens (including phenoxy) is 2. The Morgan fingerprint density at radius 1 is 1.00 bits per heavy atom. The standard InChI is InChI=1S/C18H15NO7/c1-12(20)26-16-8-4-14(5-9-16)17(21)11-25-18(22)10-13-2-6-15(7-3-13)19(23)24/h2-9H,10-11H2,1H3. The van der Waals surface area contributed by atoms with Gasteiger partial charge in [0.15, 0.2) is 12.4 Å². The van der Waals surface area contributed by atoms with Crippen LogP contribution in [0.4, 0.5) is 5.69 Å². The minimum absolute atomic E-state index is 0.0745. The molecule has 8 nitrogen and oxygen atoms in total. The third-order valence-electron chi connectivity index (χ3n) is 3.30. The Hall–Kier alpha value is -3.55. The van der Waals surface area contributed by atoms with Crippen LogP contribution in [0.15, 0.2) is 48.5 Å². The van der Waals surface area contributed by atoms with Crippen molar-refractivity contribution in [1.29, 1.82) is 0 Å². The van der Waals surface area contributed by atoms with Crippen LogP contribution in [0, 0.1) is 10.1 Å². The van der Waals surface area contributed by atoms with Gasteiger partial charge in [-0.15, -0.1) is 0 Å². The summed E-state index contributed by atoms with van der Waals surface area (Å²) < 4.78 is 9.79. The highest BCUT2D eigenvalue weighted by Gasteiger charge is 2.12. The number of nitro benzene ring substituents is 1. The van der Waals surface area contributed by atoms with Crippen LogP contribution in [0.25, 0.3) is 0 Å². The van der Waals surface area contributed by atoms with Crippen LogP contribution in [0.5, 0.6) is 5.75 Å². The van der Waals surface area contributed by atoms with Crippen molar-refractivity contribution < 1.29 is 28.8 Å². The van der Waals surface area contributed by atoms with Crippen molar-refractivity contribution in [1.82, 2.24) is 0 Å². The second kappa shape index (κ2) is 8.52. The zero-order valence-corrected chi connectivity index (χ0v) is 13.8. The van der Waals surface area contributed by atoms with Crippen molar-refractivity contribution in [3.8, 4) is 5.75 Å². The van der Waals surface area contributed by atoms with Crippen LogP contribution in [0.2, 0.25) is 0 Å². The van der Waals surface area contributed by atoms with Gasteiger partial charge in [-0.25, -0.2) is 0 Å². The largest absolute Gasteiger partial charge is 0.457 e. The number of non-ortho nitro benzene ring substituents is 1. The van der Waals surface area contributed by atoms with E-state index in [2.05, 4.69) is 0 Å². The molecule has 2 rings (SSSR count). The zero-order chi connectivity index (χ0) is 19.1. The topological polar surface area (TPSA) is 113 Å². The van der Waals surface area contributed by atoms with Gasteiger partial charge in [-0.1, -0.05) is 12.1 Å². The molecule has 2 aromatic rings. The number of Topliss-reactive ketones (excluding diaryl/α,β-unsaturated/α-hetero) is 1. The Morgan fingerprint density at radius 2 is 1.62 bits per heavy atom. The molecular formula is C18H15NO7. The van der Waals surface area contributed by atoms with E-state index in [1.54, 1.807) is 0 Å². The molecule has 0 heterocycles. The first-order valence-electron chi connectivity index (χ1n) is 7.56. The maximum atomic E-state index is 12.0. The fourth-order valence-corrected chi connectivity index (χ4v) is 2.06. The molecule has 134 valence electrons. The number of nitrogens with zero attached hydrogens (tertiary/aromatic N) is 1. The summed E-state index contributed by atoms with van der Waals surface area (Å²) in [6.07, 6.45) is -0.101. The molecule has 0 aromatic heterocycles. The van der Waals surface area contributed by atoms with E-state index < -0.39 is 29.3 Å². The Labute approximate surface area is 148 Å². The van der Waals surface area contributed by atoms with E-state index in [0.29, 0.717) is 16.9 Å². The zero-order valence-electron chi connectivity index (χ0n) is 13.8. The molecule has 0 saturated heterocycles. The SMILES string of the molecule is CC(=O)Oc1ccc(C(=O)COC(=O)Cc2ccc([N+](=O)[O-])cc2)cc1. The molecule has 8 heteroatoms. The monoisotopic (exact) mass is 357 g/mol. The molecule has 0 N–H and O–H groups in total. The minimum atomic E-state index is -0.622. The summed E-state index contributed by atoms with van der Waals surface area (Å²) in [6.45, 7) is 0.835. The molecule has 26 heavy (non-hydrogen) atoms. The normalized spacial score (nSPS) is 10.0. The Balaban J connectivity index is 1.85. The van der Waals surface area contributed by atoms with Crippen LogP contribution in [0.1, 0.15) is 22.8 Å². The summed E-state index contributed by atoms with van der Waals surface area (Å²) in [4.78, 5) is 44.6. The summed E-state index contributed by atoms with van der Waals surface area (Å²) >= 11 is 0. The van der Waals surface area contributed by atoms with Crippen molar-refractivity contribution in [2.24, 2.45) is 0 Å². The van der Waals surface area contributed by atoms with Gasteiger partial charge >= 0.3 is 11.9 Å². The first-order valence-corrected chi connectivity index (χ1v) is 7.56. The number of carbonyl (C=O) groups excluding carboxylic acids is 3. The van der Waals surface area contributed by atoms with Gasteiger partial charge in [-0.3, -0.25) is 24.5 Å². The van der Waals surface area contributed by atoms with E-state index in [1.807, 2.05) is 0 Å². The second-order valence-corrected chi connectivity index (χ2v) is 5.30. The van der Waals surface area contributed by atoms with Gasteiger partial charge in [0.25, 0.3) is 5.69 Å². The number of ketones is 1. The predicted octanol–water partition coefficient (Wildman–Crippen LogP) is 2.49. The molecule has 0 aliphatic rings. The van der Waals surface area contributed by atoms with Crippen molar-refractivity contribution in [3.63, 3.8) is 0 Å². The van der Waals surface area contributed by atoms with Crippen LogP contribution < -0.4 is 4.74 Å². The quantitative estimate of drug-likeness (QED) is 0.246. The minimum Gasteiger partial charge on any atom is -0.457 e. The van der Waals surface area contributed by atoms with Crippen LogP contribution >= 0.6 is 0 Å². The van der Waals surface area contributed by atoms with Crippen molar-refractivity contribution in [2.45, 2.75) is 13.3 Å². The average molecular weight is 357 g/mol. The summed E-state index contributed by atoms with van der Waals surface area (Å²) in [7, 11) is 0. The summed E-state index contributed by atoms with van der Waals surface area (Å²) in [5.41, 5.74) is 0.775. The maximum Gasteiger partial charge on any atom is 0.310 e. The lowest BCUT2D eigenvalue weighted by atomic mass is 10.1. The number of esters is 2. The van der Waals surface area contributed by atoms with Crippen molar-refractivity contribution >= 4 is 23.4 Å². The van der Waals surface area contributed by atoms with Gasteiger partial charge < -0.3 is 9.47 Å². The number of hydrogen-bond donors (Lipinski definition) is 0. The third-order valence-corrected chi connectivity index (χ3v) is 3.30. The van der Waals surface area contributed by atoms with E-state index in [9.17, 15) is 24.5 Å². The van der Waals surface area contributed by atoms with Crippen molar-refractivity contribution in [3.05, 3.63) is 69.8 Å². The lowest BCUT2D eigenvalue weighted by molar-refractivity contribution is -0.384. The third kappa shape index (κ3) is 5.52. The molecule has 0 spiro atoms. The molecule has 0 fully saturated rings. The summed E-state index contributed by atoms with van der Waals surface area (Å²) in [5, 5.41) is 10.6. The van der Waals surface area contributed by atoms with Crippen molar-refractivity contribution in [2.75, 3.05) is 6.61 Å². The van der Waals surface area contributed by atoms with Gasteiger partial charge in [0.05, 0.1) is 11.3 Å². The molecule has 0 saturated carbocycles. The molecule has 0 radical (unpaired) electrons. The van der Waals surface area contributed by atoms with Gasteiger partial charge in [-0.2, -0.15) is 0 Å². The van der Waals surface area contributed by atoms with Gasteiger partial charge in [0.2, 0.25) is 0 Å².